The maximum atomic E-state index is 14.3. The number of carboxylic acids is 1. The molecule has 0 aliphatic carbocycles. The Balaban J connectivity index is 1.41. The molecule has 4 aromatic rings. The molecule has 0 aromatic heterocycles. The second kappa shape index (κ2) is 14.4. The van der Waals surface area contributed by atoms with Crippen LogP contribution in [0.3, 0.4) is 0 Å². The molecule has 2 amide bonds. The van der Waals surface area contributed by atoms with E-state index in [9.17, 15) is 24.3 Å². The number of ether oxygens (including phenoxy) is 2. The molecule has 4 aromatic carbocycles. The fraction of sp³-hybridized carbons (Fsp3) is 0.184. The third-order valence-electron chi connectivity index (χ3n) is 8.46. The van der Waals surface area contributed by atoms with Gasteiger partial charge < -0.3 is 24.7 Å². The number of carbonyl (C=O) groups is 4. The van der Waals surface area contributed by atoms with Crippen molar-refractivity contribution in [3.63, 3.8) is 0 Å². The standard InChI is InChI=1S/C38H33N3O8S/c1-25(42)48-23-27-24-50-36-38(47-2,35(46)41(36)32(27)34(44)45)39-33(43)31(26-15-7-3-8-16-26)40-49-37(28-17-9-4-10-18-28,29-19-11-5-12-20-29)30-21-13-6-14-22-30/h3-22,36H,23-24H2,1-2H3,(H,39,43)(H,44,45)/t36-,38+/m1/s1. The highest BCUT2D eigenvalue weighted by Gasteiger charge is 2.67. The Bertz CT molecular complexity index is 1860. The van der Waals surface area contributed by atoms with Crippen molar-refractivity contribution in [1.29, 1.82) is 0 Å². The molecule has 0 unspecified atom stereocenters. The van der Waals surface area contributed by atoms with Gasteiger partial charge in [0, 0.05) is 47.6 Å². The number of carbonyl (C=O) groups excluding carboxylic acids is 3. The van der Waals surface area contributed by atoms with Crippen molar-refractivity contribution in [2.75, 3.05) is 19.5 Å². The zero-order valence-corrected chi connectivity index (χ0v) is 28.0. The van der Waals surface area contributed by atoms with E-state index in [1.54, 1.807) is 30.3 Å². The largest absolute Gasteiger partial charge is 0.477 e. The molecular formula is C38H33N3O8S. The maximum absolute atomic E-state index is 14.3. The number of nitrogens with zero attached hydrogens (tertiary/aromatic N) is 2. The quantitative estimate of drug-likeness (QED) is 0.0541. The highest BCUT2D eigenvalue weighted by Crippen LogP contribution is 2.47. The summed E-state index contributed by atoms with van der Waals surface area (Å²) < 4.78 is 10.7. The molecule has 0 radical (unpaired) electrons. The van der Waals surface area contributed by atoms with E-state index in [1.807, 2.05) is 91.0 Å². The van der Waals surface area contributed by atoms with Gasteiger partial charge >= 0.3 is 11.9 Å². The molecule has 1 fully saturated rings. The summed E-state index contributed by atoms with van der Waals surface area (Å²) in [5, 5.41) is 16.4. The number of rotatable bonds is 12. The second-order valence-electron chi connectivity index (χ2n) is 11.4. The van der Waals surface area contributed by atoms with Gasteiger partial charge in [-0.1, -0.05) is 126 Å². The van der Waals surface area contributed by atoms with E-state index in [2.05, 4.69) is 10.5 Å². The number of aliphatic carboxylic acids is 1. The van der Waals surface area contributed by atoms with Crippen LogP contribution in [0.5, 0.6) is 0 Å². The Morgan fingerprint density at radius 3 is 1.84 bits per heavy atom. The number of oxime groups is 1. The summed E-state index contributed by atoms with van der Waals surface area (Å²) in [5.74, 6) is -3.44. The van der Waals surface area contributed by atoms with Gasteiger partial charge in [0.25, 0.3) is 17.5 Å². The third kappa shape index (κ3) is 6.14. The number of hydrogen-bond donors (Lipinski definition) is 2. The average Bonchev–Trinajstić information content (AvgIpc) is 3.15. The van der Waals surface area contributed by atoms with Gasteiger partial charge in [-0.15, -0.1) is 11.8 Å². The molecule has 11 nitrogen and oxygen atoms in total. The minimum absolute atomic E-state index is 0.112. The first-order chi connectivity index (χ1) is 24.2. The first-order valence-electron chi connectivity index (χ1n) is 15.6. The highest BCUT2D eigenvalue weighted by molar-refractivity contribution is 8.00. The maximum Gasteiger partial charge on any atom is 0.352 e. The van der Waals surface area contributed by atoms with Crippen molar-refractivity contribution >= 4 is 41.2 Å². The smallest absolute Gasteiger partial charge is 0.352 e. The molecule has 0 spiro atoms. The van der Waals surface area contributed by atoms with Crippen LogP contribution in [0.25, 0.3) is 0 Å². The number of benzene rings is 4. The molecule has 2 heterocycles. The Hall–Kier alpha value is -5.72. The monoisotopic (exact) mass is 691 g/mol. The Labute approximate surface area is 292 Å². The average molecular weight is 692 g/mol. The van der Waals surface area contributed by atoms with Gasteiger partial charge in [-0.2, -0.15) is 0 Å². The predicted molar refractivity (Wildman–Crippen MR) is 186 cm³/mol. The fourth-order valence-corrected chi connectivity index (χ4v) is 7.50. The first kappa shape index (κ1) is 34.2. The summed E-state index contributed by atoms with van der Waals surface area (Å²) in [5.41, 5.74) is -0.793. The second-order valence-corrected chi connectivity index (χ2v) is 12.5. The third-order valence-corrected chi connectivity index (χ3v) is 9.83. The van der Waals surface area contributed by atoms with Crippen molar-refractivity contribution in [3.05, 3.63) is 155 Å². The highest BCUT2D eigenvalue weighted by atomic mass is 32.2. The molecule has 2 atom stereocenters. The van der Waals surface area contributed by atoms with Gasteiger partial charge in [0.2, 0.25) is 5.60 Å². The summed E-state index contributed by atoms with van der Waals surface area (Å²) in [4.78, 5) is 59.6. The van der Waals surface area contributed by atoms with Gasteiger partial charge in [0.15, 0.2) is 5.71 Å². The SMILES string of the molecule is CO[C@@]1(NC(=O)C(=NOC(c2ccccc2)(c2ccccc2)c2ccccc2)c2ccccc2)C(=O)N2C(C(=O)O)=C(COC(C)=O)CS[C@@H]21. The van der Waals surface area contributed by atoms with E-state index in [1.165, 1.54) is 25.8 Å². The molecule has 1 saturated heterocycles. The number of hydrogen-bond acceptors (Lipinski definition) is 9. The molecule has 0 saturated carbocycles. The van der Waals surface area contributed by atoms with Crippen LogP contribution in [-0.2, 0) is 39.1 Å². The Morgan fingerprint density at radius 1 is 0.880 bits per heavy atom. The van der Waals surface area contributed by atoms with E-state index in [4.69, 9.17) is 14.3 Å². The van der Waals surface area contributed by atoms with E-state index >= 15 is 0 Å². The van der Waals surface area contributed by atoms with Gasteiger partial charge in [-0.05, 0) is 0 Å². The van der Waals surface area contributed by atoms with Crippen LogP contribution < -0.4 is 5.32 Å². The van der Waals surface area contributed by atoms with Gasteiger partial charge in [0.05, 0.1) is 0 Å². The number of thioether (sulfide) groups is 1. The summed E-state index contributed by atoms with van der Waals surface area (Å²) in [6.07, 6.45) is 0. The Morgan fingerprint density at radius 2 is 1.38 bits per heavy atom. The summed E-state index contributed by atoms with van der Waals surface area (Å²) in [6.45, 7) is 0.917. The lowest BCUT2D eigenvalue weighted by Crippen LogP contribution is -2.81. The van der Waals surface area contributed by atoms with Crippen molar-refractivity contribution in [3.8, 4) is 0 Å². The number of methoxy groups -OCH3 is 1. The Kier molecular flexibility index (Phi) is 9.84. The van der Waals surface area contributed by atoms with Crippen molar-refractivity contribution in [1.82, 2.24) is 10.2 Å². The van der Waals surface area contributed by atoms with Crippen LogP contribution in [-0.4, -0.2) is 70.0 Å². The number of nitrogens with one attached hydrogen (secondary N) is 1. The number of esters is 1. The number of amides is 2. The summed E-state index contributed by atoms with van der Waals surface area (Å²) in [6, 6.07) is 37.2. The van der Waals surface area contributed by atoms with Crippen molar-refractivity contribution in [2.24, 2.45) is 5.16 Å². The van der Waals surface area contributed by atoms with Crippen LogP contribution in [0.1, 0.15) is 29.2 Å². The lowest BCUT2D eigenvalue weighted by molar-refractivity contribution is -0.191. The van der Waals surface area contributed by atoms with E-state index < -0.39 is 40.5 Å². The molecule has 2 N–H and O–H groups in total. The van der Waals surface area contributed by atoms with Crippen LogP contribution in [0, 0.1) is 0 Å². The molecule has 254 valence electrons. The van der Waals surface area contributed by atoms with E-state index in [-0.39, 0.29) is 29.3 Å². The topological polar surface area (TPSA) is 144 Å². The van der Waals surface area contributed by atoms with E-state index in [0.717, 1.165) is 21.6 Å². The van der Waals surface area contributed by atoms with Crippen LogP contribution in [0.15, 0.2) is 138 Å². The molecule has 2 aliphatic rings. The number of carboxylic acid groups (broad SMARTS) is 1. The molecule has 2 aliphatic heterocycles. The zero-order valence-electron chi connectivity index (χ0n) is 27.1. The lowest BCUT2D eigenvalue weighted by Gasteiger charge is -2.55. The molecule has 50 heavy (non-hydrogen) atoms. The van der Waals surface area contributed by atoms with E-state index in [0.29, 0.717) is 5.56 Å². The minimum atomic E-state index is -1.93. The van der Waals surface area contributed by atoms with Gasteiger partial charge in [-0.25, -0.2) is 4.79 Å². The van der Waals surface area contributed by atoms with Crippen LogP contribution in [0.2, 0.25) is 0 Å². The van der Waals surface area contributed by atoms with Crippen LogP contribution >= 0.6 is 11.8 Å². The van der Waals surface area contributed by atoms with Gasteiger partial charge in [-0.3, -0.25) is 19.3 Å². The zero-order chi connectivity index (χ0) is 35.3. The minimum Gasteiger partial charge on any atom is -0.477 e. The molecule has 0 bridgehead atoms. The first-order valence-corrected chi connectivity index (χ1v) is 16.7. The molecular weight excluding hydrogens is 658 g/mol. The van der Waals surface area contributed by atoms with Crippen molar-refractivity contribution < 1.29 is 38.6 Å². The van der Waals surface area contributed by atoms with Crippen LogP contribution in [0.4, 0.5) is 0 Å². The summed E-state index contributed by atoms with van der Waals surface area (Å²) in [7, 11) is 1.26. The summed E-state index contributed by atoms with van der Waals surface area (Å²) >= 11 is 1.17. The lowest BCUT2D eigenvalue weighted by atomic mass is 9.80. The predicted octanol–water partition coefficient (Wildman–Crippen LogP) is 4.68. The molecule has 12 heteroatoms. The number of fused-ring (bicyclic) bond motifs is 1. The van der Waals surface area contributed by atoms with Gasteiger partial charge in [0.1, 0.15) is 17.7 Å². The fourth-order valence-electron chi connectivity index (χ4n) is 6.08. The normalized spacial score (nSPS) is 18.8. The van der Waals surface area contributed by atoms with Crippen molar-refractivity contribution in [2.45, 2.75) is 23.6 Å². The number of β-lactam (4-membered cyclic amide) rings is 1. The molecule has 6 rings (SSSR count).